The highest BCUT2D eigenvalue weighted by molar-refractivity contribution is 5.98. The third-order valence-corrected chi connectivity index (χ3v) is 11.2. The summed E-state index contributed by atoms with van der Waals surface area (Å²) in [6.45, 7) is 8.29. The average molecular weight is 942 g/mol. The highest BCUT2D eigenvalue weighted by atomic mass is 16.4. The number of aromatic nitrogens is 2. The fourth-order valence-electron chi connectivity index (χ4n) is 7.28. The van der Waals surface area contributed by atoms with Crippen LogP contribution in [0.25, 0.3) is 0 Å². The molecule has 1 saturated heterocycles. The third-order valence-electron chi connectivity index (χ3n) is 11.2. The molecule has 370 valence electrons. The molecule has 0 radical (unpaired) electrons. The molecule has 2 aromatic rings. The summed E-state index contributed by atoms with van der Waals surface area (Å²) in [4.78, 5) is 120. The van der Waals surface area contributed by atoms with E-state index in [0.29, 0.717) is 30.5 Å². The Labute approximate surface area is 388 Å². The molecule has 0 bridgehead atoms. The summed E-state index contributed by atoms with van der Waals surface area (Å²) >= 11 is 0. The Morgan fingerprint density at radius 1 is 0.851 bits per heavy atom. The first-order valence-electron chi connectivity index (χ1n) is 22.2. The number of carboxylic acid groups (broad SMARTS) is 1. The fraction of sp³-hybridized carbons (Fsp3) is 0.581. The third kappa shape index (κ3) is 16.8. The number of aromatic amines is 1. The zero-order valence-electron chi connectivity index (χ0n) is 38.8. The Balaban J connectivity index is 1.94. The van der Waals surface area contributed by atoms with E-state index in [1.54, 1.807) is 34.7 Å². The highest BCUT2D eigenvalue weighted by Crippen LogP contribution is 2.26. The van der Waals surface area contributed by atoms with E-state index in [-0.39, 0.29) is 51.3 Å². The fourth-order valence-corrected chi connectivity index (χ4v) is 7.28. The summed E-state index contributed by atoms with van der Waals surface area (Å²) < 4.78 is 0. The number of imidazole rings is 1. The van der Waals surface area contributed by atoms with Gasteiger partial charge in [0.1, 0.15) is 42.3 Å². The first kappa shape index (κ1) is 54.4. The van der Waals surface area contributed by atoms with Crippen LogP contribution in [0.2, 0.25) is 0 Å². The molecule has 24 nitrogen and oxygen atoms in total. The van der Waals surface area contributed by atoms with Crippen molar-refractivity contribution in [2.24, 2.45) is 28.3 Å². The molecule has 0 saturated carbocycles. The smallest absolute Gasteiger partial charge is 0.325 e. The van der Waals surface area contributed by atoms with E-state index < -0.39 is 113 Å². The van der Waals surface area contributed by atoms with Crippen molar-refractivity contribution in [1.82, 2.24) is 52.1 Å². The molecule has 8 atom stereocenters. The van der Waals surface area contributed by atoms with Gasteiger partial charge in [-0.25, -0.2) is 4.98 Å². The van der Waals surface area contributed by atoms with Gasteiger partial charge in [-0.2, -0.15) is 0 Å². The van der Waals surface area contributed by atoms with Gasteiger partial charge in [-0.1, -0.05) is 40.2 Å². The predicted octanol–water partition coefficient (Wildman–Crippen LogP) is -2.41. The van der Waals surface area contributed by atoms with Gasteiger partial charge in [-0.15, -0.1) is 0 Å². The average Bonchev–Trinajstić information content (AvgIpc) is 3.99. The number of amides is 7. The van der Waals surface area contributed by atoms with Gasteiger partial charge in [0.25, 0.3) is 0 Å². The molecule has 0 aliphatic carbocycles. The Bertz CT molecular complexity index is 2060. The van der Waals surface area contributed by atoms with Crippen LogP contribution in [0.4, 0.5) is 0 Å². The largest absolute Gasteiger partial charge is 0.504 e. The van der Waals surface area contributed by atoms with Crippen molar-refractivity contribution in [3.8, 4) is 11.5 Å². The standard InChI is InChI=1S/C43H67N13O11/c1-7-23(4)35(40(64)53-29(18-26-19-47-21-49-26)41(65)56-15-9-11-30(56)38(62)50-24(5)42(66)67)55-37(61)28(16-25-12-13-31(57)32(58)17-25)52-39(63)34(22(2)3)54-36(60)27(51-33(59)20-46-6)10-8-14-48-43(44)45/h12-13,17,19,21-24,27-30,34-35,46,57-58H,7-11,14-16,18,20H2,1-6H3,(H,47,49)(H,50,62)(H,51,59)(H,52,63)(H,53,64)(H,54,60)(H,55,61)(H,66,67)(H4,44,45,48)/t23-,24+,27-,28-,29-,30-,34-,35-/m0/s1. The quantitative estimate of drug-likeness (QED) is 0.0202. The minimum atomic E-state index is -1.46. The Hall–Kier alpha value is -6.98. The molecule has 2 heterocycles. The van der Waals surface area contributed by atoms with Gasteiger partial charge < -0.3 is 73.9 Å². The lowest BCUT2D eigenvalue weighted by Crippen LogP contribution is -2.62. The number of carbonyl (C=O) groups is 8. The summed E-state index contributed by atoms with van der Waals surface area (Å²) in [7, 11) is 1.55. The predicted molar refractivity (Wildman–Crippen MR) is 244 cm³/mol. The summed E-state index contributed by atoms with van der Waals surface area (Å²) in [6.07, 6.45) is 3.92. The van der Waals surface area contributed by atoms with Crippen LogP contribution in [-0.4, -0.2) is 152 Å². The van der Waals surface area contributed by atoms with Gasteiger partial charge in [-0.05, 0) is 69.2 Å². The first-order valence-corrected chi connectivity index (χ1v) is 22.2. The van der Waals surface area contributed by atoms with Gasteiger partial charge in [0.2, 0.25) is 41.4 Å². The maximum Gasteiger partial charge on any atom is 0.325 e. The second kappa shape index (κ2) is 26.2. The van der Waals surface area contributed by atoms with Crippen molar-refractivity contribution in [2.75, 3.05) is 26.7 Å². The number of likely N-dealkylation sites (N-methyl/N-ethyl adjacent to an activating group) is 1. The molecule has 1 aromatic carbocycles. The lowest BCUT2D eigenvalue weighted by atomic mass is 9.96. The number of phenolic OH excluding ortho intramolecular Hbond substituents is 2. The number of aliphatic imine (C=N–C) groups is 1. The van der Waals surface area contributed by atoms with Crippen molar-refractivity contribution in [3.05, 3.63) is 42.0 Å². The van der Waals surface area contributed by atoms with Crippen molar-refractivity contribution in [1.29, 1.82) is 0 Å². The molecule has 1 aliphatic heterocycles. The van der Waals surface area contributed by atoms with E-state index in [1.165, 1.54) is 42.5 Å². The maximum atomic E-state index is 14.4. The van der Waals surface area contributed by atoms with Crippen LogP contribution in [0.15, 0.2) is 35.7 Å². The molecule has 3 rings (SSSR count). The molecule has 0 spiro atoms. The molecule has 1 aromatic heterocycles. The van der Waals surface area contributed by atoms with Crippen LogP contribution in [0.5, 0.6) is 11.5 Å². The number of nitrogens with one attached hydrogen (secondary N) is 8. The van der Waals surface area contributed by atoms with Crippen LogP contribution in [-0.2, 0) is 51.2 Å². The molecule has 67 heavy (non-hydrogen) atoms. The van der Waals surface area contributed by atoms with E-state index in [0.717, 1.165) is 0 Å². The lowest BCUT2D eigenvalue weighted by Gasteiger charge is -2.32. The number of hydrogen-bond acceptors (Lipinski definition) is 13. The molecular formula is C43H67N13O11. The molecule has 0 unspecified atom stereocenters. The number of hydrogen-bond donors (Lipinski definition) is 13. The van der Waals surface area contributed by atoms with Gasteiger partial charge >= 0.3 is 5.97 Å². The van der Waals surface area contributed by atoms with Crippen LogP contribution in [0.3, 0.4) is 0 Å². The number of guanidine groups is 1. The van der Waals surface area contributed by atoms with E-state index >= 15 is 0 Å². The van der Waals surface area contributed by atoms with Crippen LogP contribution < -0.4 is 48.7 Å². The van der Waals surface area contributed by atoms with Gasteiger partial charge in [0.05, 0.1) is 12.9 Å². The molecule has 1 fully saturated rings. The Morgan fingerprint density at radius 3 is 2.10 bits per heavy atom. The molecule has 1 aliphatic rings. The normalized spacial score (nSPS) is 16.5. The first-order chi connectivity index (χ1) is 31.7. The number of likely N-dealkylation sites (tertiary alicyclic amines) is 1. The lowest BCUT2D eigenvalue weighted by molar-refractivity contribution is -0.144. The zero-order chi connectivity index (χ0) is 50.0. The van der Waals surface area contributed by atoms with E-state index in [1.807, 2.05) is 0 Å². The maximum absolute atomic E-state index is 14.4. The van der Waals surface area contributed by atoms with Crippen LogP contribution >= 0.6 is 0 Å². The number of nitrogens with two attached hydrogens (primary N) is 2. The molecule has 15 N–H and O–H groups in total. The van der Waals surface area contributed by atoms with Gasteiger partial charge in [0, 0.05) is 37.8 Å². The number of carbonyl (C=O) groups excluding carboxylic acids is 7. The SMILES string of the molecule is CC[C@H](C)[C@H](NC(=O)[C@H](Cc1ccc(O)c(O)c1)NC(=O)[C@@H](NC(=O)[C@H](CCCN=C(N)N)NC(=O)CNC)C(C)C)C(=O)N[C@@H](Cc1cnc[nH]1)C(=O)N1CCC[C@H]1C(=O)N[C@H](C)C(=O)O. The molecular weight excluding hydrogens is 875 g/mol. The van der Waals surface area contributed by atoms with Crippen molar-refractivity contribution in [3.63, 3.8) is 0 Å². The zero-order valence-corrected chi connectivity index (χ0v) is 38.8. The highest BCUT2D eigenvalue weighted by Gasteiger charge is 2.40. The van der Waals surface area contributed by atoms with Gasteiger partial charge in [0.15, 0.2) is 17.5 Å². The number of aliphatic carboxylic acids is 1. The topological polar surface area (TPSA) is 378 Å². The van der Waals surface area contributed by atoms with Crippen LogP contribution in [0.1, 0.15) is 78.0 Å². The molecule has 7 amide bonds. The number of aromatic hydroxyl groups is 2. The number of nitrogens with zero attached hydrogens (tertiary/aromatic N) is 3. The Kier molecular flexibility index (Phi) is 21.3. The van der Waals surface area contributed by atoms with Crippen molar-refractivity contribution >= 4 is 53.3 Å². The van der Waals surface area contributed by atoms with E-state index in [4.69, 9.17) is 11.5 Å². The van der Waals surface area contributed by atoms with Crippen LogP contribution in [0, 0.1) is 11.8 Å². The van der Waals surface area contributed by atoms with Crippen molar-refractivity contribution in [2.45, 2.75) is 122 Å². The number of benzene rings is 1. The minimum Gasteiger partial charge on any atom is -0.504 e. The monoisotopic (exact) mass is 942 g/mol. The van der Waals surface area contributed by atoms with Gasteiger partial charge in [-0.3, -0.25) is 43.3 Å². The summed E-state index contributed by atoms with van der Waals surface area (Å²) in [5.41, 5.74) is 11.6. The number of H-pyrrole nitrogens is 1. The number of carboxylic acids is 1. The second-order valence-corrected chi connectivity index (χ2v) is 16.9. The second-order valence-electron chi connectivity index (χ2n) is 16.9. The van der Waals surface area contributed by atoms with E-state index in [2.05, 4.69) is 52.2 Å². The summed E-state index contributed by atoms with van der Waals surface area (Å²) in [6, 6.07) is -4.83. The summed E-state index contributed by atoms with van der Waals surface area (Å²) in [5, 5.41) is 48.2. The molecule has 24 heteroatoms. The Morgan fingerprint density at radius 2 is 1.51 bits per heavy atom. The number of rotatable bonds is 26. The van der Waals surface area contributed by atoms with E-state index in [9.17, 15) is 53.7 Å². The summed E-state index contributed by atoms with van der Waals surface area (Å²) in [5.74, 6) is -8.38. The van der Waals surface area contributed by atoms with Crippen molar-refractivity contribution < 1.29 is 53.7 Å². The number of phenols is 2. The minimum absolute atomic E-state index is 0.0935.